The number of halogens is 1. The summed E-state index contributed by atoms with van der Waals surface area (Å²) in [6.45, 7) is 3.49. The molecule has 1 amide bonds. The number of rotatable bonds is 3. The number of nitrogens with zero attached hydrogens (tertiary/aromatic N) is 4. The number of likely N-dealkylation sites (tertiary alicyclic amines) is 1. The van der Waals surface area contributed by atoms with Crippen LogP contribution in [0.15, 0.2) is 35.1 Å². The van der Waals surface area contributed by atoms with Crippen LogP contribution in [0.4, 0.5) is 0 Å². The number of carbonyl (C=O) groups excluding carboxylic acids is 1. The molecule has 1 aromatic carbocycles. The maximum Gasteiger partial charge on any atom is 0.227 e. The summed E-state index contributed by atoms with van der Waals surface area (Å²) in [5, 5.41) is 7.93. The van der Waals surface area contributed by atoms with Crippen LogP contribution in [0.3, 0.4) is 0 Å². The Hall–Kier alpha value is -1.69. The fraction of sp³-hybridized carbons (Fsp3) is 0.400. The number of benzene rings is 1. The molecule has 5 nitrogen and oxygen atoms in total. The minimum absolute atomic E-state index is 0.186. The van der Waals surface area contributed by atoms with Crippen LogP contribution in [0.1, 0.15) is 23.9 Å². The van der Waals surface area contributed by atoms with Crippen LogP contribution in [0.5, 0.6) is 0 Å². The summed E-state index contributed by atoms with van der Waals surface area (Å²) in [7, 11) is 0. The van der Waals surface area contributed by atoms with Crippen molar-refractivity contribution in [2.24, 2.45) is 0 Å². The Bertz CT molecular complexity index is 637. The van der Waals surface area contributed by atoms with Crippen LogP contribution in [0.25, 0.3) is 0 Å². The number of hydrogen-bond acceptors (Lipinski definition) is 3. The molecule has 1 atom stereocenters. The number of aromatic nitrogens is 3. The fourth-order valence-corrected chi connectivity index (χ4v) is 3.01. The topological polar surface area (TPSA) is 51.0 Å². The molecule has 1 unspecified atom stereocenters. The summed E-state index contributed by atoms with van der Waals surface area (Å²) in [6.07, 6.45) is 3.18. The largest absolute Gasteiger partial charge is 0.340 e. The van der Waals surface area contributed by atoms with Crippen molar-refractivity contribution in [3.63, 3.8) is 0 Å². The molecule has 1 aliphatic heterocycles. The van der Waals surface area contributed by atoms with Crippen LogP contribution in [-0.2, 0) is 11.2 Å². The summed E-state index contributed by atoms with van der Waals surface area (Å²) in [5.41, 5.74) is 1.05. The molecule has 0 spiro atoms. The lowest BCUT2D eigenvalue weighted by atomic mass is 10.1. The summed E-state index contributed by atoms with van der Waals surface area (Å²) in [4.78, 5) is 14.3. The molecule has 1 aliphatic rings. The van der Waals surface area contributed by atoms with Gasteiger partial charge in [-0.25, -0.2) is 0 Å². The zero-order valence-electron chi connectivity index (χ0n) is 11.9. The number of hydrogen-bond donors (Lipinski definition) is 0. The highest BCUT2D eigenvalue weighted by molar-refractivity contribution is 9.10. The van der Waals surface area contributed by atoms with Crippen molar-refractivity contribution in [3.05, 3.63) is 46.5 Å². The second-order valence-electron chi connectivity index (χ2n) is 5.37. The molecular weight excluding hydrogens is 332 g/mol. The van der Waals surface area contributed by atoms with Gasteiger partial charge >= 0.3 is 0 Å². The van der Waals surface area contributed by atoms with Crippen molar-refractivity contribution in [2.75, 3.05) is 13.1 Å². The van der Waals surface area contributed by atoms with E-state index in [1.807, 2.05) is 36.1 Å². The van der Waals surface area contributed by atoms with E-state index in [2.05, 4.69) is 30.7 Å². The van der Waals surface area contributed by atoms with E-state index < -0.39 is 0 Å². The lowest BCUT2D eigenvalue weighted by Crippen LogP contribution is -2.30. The van der Waals surface area contributed by atoms with E-state index in [0.717, 1.165) is 35.4 Å². The molecule has 2 heterocycles. The summed E-state index contributed by atoms with van der Waals surface area (Å²) >= 11 is 3.40. The zero-order valence-corrected chi connectivity index (χ0v) is 13.5. The maximum absolute atomic E-state index is 12.4. The van der Waals surface area contributed by atoms with Crippen molar-refractivity contribution in [2.45, 2.75) is 25.8 Å². The van der Waals surface area contributed by atoms with Crippen molar-refractivity contribution < 1.29 is 4.79 Å². The van der Waals surface area contributed by atoms with Crippen LogP contribution in [-0.4, -0.2) is 38.7 Å². The smallest absolute Gasteiger partial charge is 0.227 e. The van der Waals surface area contributed by atoms with Crippen molar-refractivity contribution in [1.29, 1.82) is 0 Å². The average Bonchev–Trinajstić information content (AvgIpc) is 3.09. The summed E-state index contributed by atoms with van der Waals surface area (Å²) < 4.78 is 3.09. The molecule has 1 saturated heterocycles. The third kappa shape index (κ3) is 3.15. The Morgan fingerprint density at radius 2 is 2.14 bits per heavy atom. The van der Waals surface area contributed by atoms with Crippen LogP contribution < -0.4 is 0 Å². The highest BCUT2D eigenvalue weighted by Crippen LogP contribution is 2.23. The lowest BCUT2D eigenvalue weighted by Gasteiger charge is -2.17. The summed E-state index contributed by atoms with van der Waals surface area (Å²) in [6, 6.07) is 8.21. The third-order valence-corrected chi connectivity index (χ3v) is 4.46. The van der Waals surface area contributed by atoms with E-state index in [0.29, 0.717) is 12.5 Å². The van der Waals surface area contributed by atoms with Crippen molar-refractivity contribution in [3.8, 4) is 0 Å². The van der Waals surface area contributed by atoms with Gasteiger partial charge in [-0.05, 0) is 31.0 Å². The first-order valence-electron chi connectivity index (χ1n) is 7.02. The van der Waals surface area contributed by atoms with Gasteiger partial charge in [-0.3, -0.25) is 4.79 Å². The molecule has 3 rings (SSSR count). The predicted octanol–water partition coefficient (Wildman–Crippen LogP) is 2.37. The Kier molecular flexibility index (Phi) is 4.05. The summed E-state index contributed by atoms with van der Waals surface area (Å²) in [5.74, 6) is 1.09. The molecule has 0 bridgehead atoms. The number of carbonyl (C=O) groups is 1. The molecule has 21 heavy (non-hydrogen) atoms. The van der Waals surface area contributed by atoms with Crippen LogP contribution in [0.2, 0.25) is 0 Å². The standard InChI is InChI=1S/C15H17BrN4O/c1-11-18-17-10-20(11)14-6-7-19(9-14)15(21)8-12-2-4-13(16)5-3-12/h2-5,10,14H,6-9H2,1H3. The normalized spacial score (nSPS) is 18.2. The van der Waals surface area contributed by atoms with Gasteiger partial charge in [0, 0.05) is 17.6 Å². The predicted molar refractivity (Wildman–Crippen MR) is 82.8 cm³/mol. The fourth-order valence-electron chi connectivity index (χ4n) is 2.74. The Morgan fingerprint density at radius 3 is 2.81 bits per heavy atom. The van der Waals surface area contributed by atoms with Gasteiger partial charge in [0.25, 0.3) is 0 Å². The van der Waals surface area contributed by atoms with E-state index in [1.165, 1.54) is 0 Å². The second kappa shape index (κ2) is 5.97. The first-order valence-corrected chi connectivity index (χ1v) is 7.81. The van der Waals surface area contributed by atoms with E-state index in [4.69, 9.17) is 0 Å². The van der Waals surface area contributed by atoms with Gasteiger partial charge in [0.2, 0.25) is 5.91 Å². The third-order valence-electron chi connectivity index (χ3n) is 3.93. The van der Waals surface area contributed by atoms with Crippen molar-refractivity contribution >= 4 is 21.8 Å². The van der Waals surface area contributed by atoms with Crippen LogP contribution >= 0.6 is 15.9 Å². The molecule has 2 aromatic rings. The SMILES string of the molecule is Cc1nncn1C1CCN(C(=O)Cc2ccc(Br)cc2)C1. The molecule has 1 aromatic heterocycles. The van der Waals surface area contributed by atoms with E-state index in [-0.39, 0.29) is 5.91 Å². The minimum atomic E-state index is 0.186. The first kappa shape index (κ1) is 14.3. The molecule has 6 heteroatoms. The van der Waals surface area contributed by atoms with E-state index in [1.54, 1.807) is 6.33 Å². The molecule has 0 radical (unpaired) electrons. The Balaban J connectivity index is 1.62. The molecule has 0 N–H and O–H groups in total. The molecular formula is C15H17BrN4O. The van der Waals surface area contributed by atoms with E-state index >= 15 is 0 Å². The molecule has 0 saturated carbocycles. The first-order chi connectivity index (χ1) is 10.1. The van der Waals surface area contributed by atoms with E-state index in [9.17, 15) is 4.79 Å². The lowest BCUT2D eigenvalue weighted by molar-refractivity contribution is -0.129. The Morgan fingerprint density at radius 1 is 1.38 bits per heavy atom. The van der Waals surface area contributed by atoms with Gasteiger partial charge < -0.3 is 9.47 Å². The Labute approximate surface area is 132 Å². The quantitative estimate of drug-likeness (QED) is 0.855. The zero-order chi connectivity index (χ0) is 14.8. The van der Waals surface area contributed by atoms with Gasteiger partial charge in [0.05, 0.1) is 12.5 Å². The minimum Gasteiger partial charge on any atom is -0.340 e. The van der Waals surface area contributed by atoms with Gasteiger partial charge in [0.1, 0.15) is 12.2 Å². The number of aryl methyl sites for hydroxylation is 1. The van der Waals surface area contributed by atoms with Gasteiger partial charge in [-0.15, -0.1) is 10.2 Å². The van der Waals surface area contributed by atoms with Gasteiger partial charge in [-0.1, -0.05) is 28.1 Å². The highest BCUT2D eigenvalue weighted by Gasteiger charge is 2.28. The van der Waals surface area contributed by atoms with Gasteiger partial charge in [0.15, 0.2) is 0 Å². The highest BCUT2D eigenvalue weighted by atomic mass is 79.9. The monoisotopic (exact) mass is 348 g/mol. The van der Waals surface area contributed by atoms with Crippen molar-refractivity contribution in [1.82, 2.24) is 19.7 Å². The number of amides is 1. The molecule has 110 valence electrons. The van der Waals surface area contributed by atoms with Crippen LogP contribution in [0, 0.1) is 6.92 Å². The molecule has 1 fully saturated rings. The van der Waals surface area contributed by atoms with Gasteiger partial charge in [-0.2, -0.15) is 0 Å². The maximum atomic E-state index is 12.4. The average molecular weight is 349 g/mol. The molecule has 0 aliphatic carbocycles. The second-order valence-corrected chi connectivity index (χ2v) is 6.29.